The molecule has 2 aromatic carbocycles. The molecule has 1 N–H and O–H groups in total. The summed E-state index contributed by atoms with van der Waals surface area (Å²) in [5, 5.41) is 6.31. The van der Waals surface area contributed by atoms with Crippen molar-refractivity contribution in [2.45, 2.75) is 32.5 Å². The Morgan fingerprint density at radius 3 is 2.42 bits per heavy atom. The van der Waals surface area contributed by atoms with Gasteiger partial charge in [-0.15, -0.1) is 0 Å². The zero-order valence-corrected chi connectivity index (χ0v) is 18.2. The molecule has 0 aliphatic carbocycles. The summed E-state index contributed by atoms with van der Waals surface area (Å²) in [6, 6.07) is 15.6. The molecule has 3 rings (SSSR count). The van der Waals surface area contributed by atoms with Gasteiger partial charge in [-0.2, -0.15) is 18.2 Å². The standard InChI is InChI=1S/C24H24F3N3O3/c1-16(2)14-19(28-21(31)13-8-17-6-4-3-5-7-17)15-32-20-11-9-18(10-12-20)22-29-23(33-30-22)24(25,26)27/h3-13,16,19H,14-15H2,1-2H3,(H,28,31)/b13-8+/t19-/m1/s1. The average Bonchev–Trinajstić information content (AvgIpc) is 3.28. The molecule has 1 heterocycles. The molecule has 0 fully saturated rings. The number of alkyl halides is 3. The number of hydrogen-bond acceptors (Lipinski definition) is 5. The molecule has 0 aliphatic heterocycles. The van der Waals surface area contributed by atoms with Gasteiger partial charge < -0.3 is 14.6 Å². The van der Waals surface area contributed by atoms with Crippen molar-refractivity contribution in [2.75, 3.05) is 6.61 Å². The number of ether oxygens (including phenoxy) is 1. The van der Waals surface area contributed by atoms with Gasteiger partial charge in [0.05, 0.1) is 6.04 Å². The topological polar surface area (TPSA) is 77.2 Å². The van der Waals surface area contributed by atoms with Crippen LogP contribution in [-0.2, 0) is 11.0 Å². The maximum atomic E-state index is 12.6. The van der Waals surface area contributed by atoms with Gasteiger partial charge in [-0.05, 0) is 48.2 Å². The Hall–Kier alpha value is -3.62. The highest BCUT2D eigenvalue weighted by Crippen LogP contribution is 2.29. The van der Waals surface area contributed by atoms with Gasteiger partial charge in [-0.25, -0.2) is 0 Å². The fourth-order valence-electron chi connectivity index (χ4n) is 3.08. The van der Waals surface area contributed by atoms with Gasteiger partial charge in [0.1, 0.15) is 12.4 Å². The Morgan fingerprint density at radius 1 is 1.12 bits per heavy atom. The van der Waals surface area contributed by atoms with Crippen molar-refractivity contribution in [1.82, 2.24) is 15.5 Å². The van der Waals surface area contributed by atoms with Crippen LogP contribution < -0.4 is 10.1 Å². The van der Waals surface area contributed by atoms with Crippen LogP contribution in [0.15, 0.2) is 65.2 Å². The van der Waals surface area contributed by atoms with E-state index in [9.17, 15) is 18.0 Å². The second kappa shape index (κ2) is 10.8. The van der Waals surface area contributed by atoms with E-state index < -0.39 is 12.1 Å². The van der Waals surface area contributed by atoms with Crippen LogP contribution in [0.4, 0.5) is 13.2 Å². The molecule has 3 aromatic rings. The van der Waals surface area contributed by atoms with Gasteiger partial charge >= 0.3 is 12.1 Å². The van der Waals surface area contributed by atoms with Gasteiger partial charge in [-0.3, -0.25) is 4.79 Å². The van der Waals surface area contributed by atoms with Gasteiger partial charge in [0.25, 0.3) is 0 Å². The lowest BCUT2D eigenvalue weighted by Gasteiger charge is -2.20. The largest absolute Gasteiger partial charge is 0.491 e. The summed E-state index contributed by atoms with van der Waals surface area (Å²) in [5.41, 5.74) is 1.29. The molecule has 1 amide bonds. The lowest BCUT2D eigenvalue weighted by molar-refractivity contribution is -0.159. The van der Waals surface area contributed by atoms with Crippen molar-refractivity contribution in [2.24, 2.45) is 5.92 Å². The van der Waals surface area contributed by atoms with Gasteiger partial charge in [0, 0.05) is 11.6 Å². The molecule has 0 saturated heterocycles. The highest BCUT2D eigenvalue weighted by molar-refractivity contribution is 5.91. The Kier molecular flexibility index (Phi) is 7.87. The minimum Gasteiger partial charge on any atom is -0.491 e. The number of benzene rings is 2. The van der Waals surface area contributed by atoms with Crippen LogP contribution in [0.3, 0.4) is 0 Å². The third-order valence-corrected chi connectivity index (χ3v) is 4.56. The molecule has 174 valence electrons. The molecule has 0 unspecified atom stereocenters. The smallest absolute Gasteiger partial charge is 0.471 e. The molecule has 1 atom stereocenters. The first-order valence-corrected chi connectivity index (χ1v) is 10.4. The average molecular weight is 459 g/mol. The first-order valence-electron chi connectivity index (χ1n) is 10.4. The molecule has 0 spiro atoms. The monoisotopic (exact) mass is 459 g/mol. The van der Waals surface area contributed by atoms with Crippen LogP contribution in [0.25, 0.3) is 17.5 Å². The van der Waals surface area contributed by atoms with Crippen LogP contribution in [0.2, 0.25) is 0 Å². The van der Waals surface area contributed by atoms with E-state index in [0.717, 1.165) is 5.56 Å². The third-order valence-electron chi connectivity index (χ3n) is 4.56. The van der Waals surface area contributed by atoms with Crippen LogP contribution in [0.1, 0.15) is 31.7 Å². The van der Waals surface area contributed by atoms with E-state index in [0.29, 0.717) is 23.7 Å². The molecule has 33 heavy (non-hydrogen) atoms. The van der Waals surface area contributed by atoms with Crippen molar-refractivity contribution in [1.29, 1.82) is 0 Å². The van der Waals surface area contributed by atoms with Gasteiger partial charge in [0.15, 0.2) is 0 Å². The van der Waals surface area contributed by atoms with Crippen molar-refractivity contribution in [3.63, 3.8) is 0 Å². The Bertz CT molecular complexity index is 1060. The minimum atomic E-state index is -4.69. The summed E-state index contributed by atoms with van der Waals surface area (Å²) in [6.07, 6.45) is -0.756. The number of halogens is 3. The summed E-state index contributed by atoms with van der Waals surface area (Å²) < 4.78 is 47.9. The van der Waals surface area contributed by atoms with Crippen LogP contribution >= 0.6 is 0 Å². The zero-order chi connectivity index (χ0) is 23.8. The quantitative estimate of drug-likeness (QED) is 0.435. The van der Waals surface area contributed by atoms with Crippen LogP contribution in [0, 0.1) is 5.92 Å². The van der Waals surface area contributed by atoms with Gasteiger partial charge in [0.2, 0.25) is 11.7 Å². The number of rotatable bonds is 9. The van der Waals surface area contributed by atoms with Crippen molar-refractivity contribution < 1.29 is 27.2 Å². The number of aromatic nitrogens is 2. The van der Waals surface area contributed by atoms with Gasteiger partial charge in [-0.1, -0.05) is 49.3 Å². The predicted octanol–water partition coefficient (Wildman–Crippen LogP) is 5.38. The minimum absolute atomic E-state index is 0.163. The van der Waals surface area contributed by atoms with E-state index in [1.165, 1.54) is 6.08 Å². The van der Waals surface area contributed by atoms with E-state index in [1.54, 1.807) is 30.3 Å². The number of hydrogen-bond donors (Lipinski definition) is 1. The lowest BCUT2D eigenvalue weighted by Crippen LogP contribution is -2.39. The van der Waals surface area contributed by atoms with E-state index in [2.05, 4.69) is 20.0 Å². The highest BCUT2D eigenvalue weighted by Gasteiger charge is 2.38. The molecule has 9 heteroatoms. The predicted molar refractivity (Wildman–Crippen MR) is 117 cm³/mol. The maximum Gasteiger partial charge on any atom is 0.471 e. The highest BCUT2D eigenvalue weighted by atomic mass is 19.4. The van der Waals surface area contributed by atoms with E-state index >= 15 is 0 Å². The molecule has 6 nitrogen and oxygen atoms in total. The second-order valence-electron chi connectivity index (χ2n) is 7.84. The molecule has 0 bridgehead atoms. The summed E-state index contributed by atoms with van der Waals surface area (Å²) in [7, 11) is 0. The number of carbonyl (C=O) groups is 1. The number of nitrogens with one attached hydrogen (secondary N) is 1. The molecule has 0 aliphatic rings. The molecular formula is C24H24F3N3O3. The first kappa shape index (κ1) is 24.0. The third kappa shape index (κ3) is 7.48. The van der Waals surface area contributed by atoms with E-state index in [-0.39, 0.29) is 24.4 Å². The second-order valence-corrected chi connectivity index (χ2v) is 7.84. The maximum absolute atomic E-state index is 12.6. The number of nitrogens with zero attached hydrogens (tertiary/aromatic N) is 2. The summed E-state index contributed by atoms with van der Waals surface area (Å²) >= 11 is 0. The van der Waals surface area contributed by atoms with Crippen molar-refractivity contribution >= 4 is 12.0 Å². The summed E-state index contributed by atoms with van der Waals surface area (Å²) in [4.78, 5) is 15.7. The normalized spacial score (nSPS) is 12.8. The molecule has 0 saturated carbocycles. The molecule has 1 aromatic heterocycles. The fraction of sp³-hybridized carbons (Fsp3) is 0.292. The molecule has 0 radical (unpaired) electrons. The Morgan fingerprint density at radius 2 is 1.82 bits per heavy atom. The summed E-state index contributed by atoms with van der Waals surface area (Å²) in [5.74, 6) is -0.946. The fourth-order valence-corrected chi connectivity index (χ4v) is 3.08. The Labute approximate surface area is 189 Å². The SMILES string of the molecule is CC(C)C[C@H](COc1ccc(-c2noc(C(F)(F)F)n2)cc1)NC(=O)/C=C/c1ccccc1. The van der Waals surface area contributed by atoms with Crippen molar-refractivity contribution in [3.8, 4) is 17.1 Å². The first-order chi connectivity index (χ1) is 15.7. The lowest BCUT2D eigenvalue weighted by atomic mass is 10.0. The summed E-state index contributed by atoms with van der Waals surface area (Å²) in [6.45, 7) is 4.34. The van der Waals surface area contributed by atoms with Crippen LogP contribution in [-0.4, -0.2) is 28.7 Å². The number of carbonyl (C=O) groups excluding carboxylic acids is 1. The van der Waals surface area contributed by atoms with Crippen molar-refractivity contribution in [3.05, 3.63) is 72.1 Å². The Balaban J connectivity index is 1.58. The van der Waals surface area contributed by atoms with E-state index in [4.69, 9.17) is 4.74 Å². The zero-order valence-electron chi connectivity index (χ0n) is 18.2. The number of amides is 1. The van der Waals surface area contributed by atoms with Crippen LogP contribution in [0.5, 0.6) is 5.75 Å². The molecular weight excluding hydrogens is 435 g/mol. The van der Waals surface area contributed by atoms with E-state index in [1.807, 2.05) is 44.2 Å².